The minimum Gasteiger partial charge on any atom is -0.497 e. The van der Waals surface area contributed by atoms with Crippen LogP contribution in [0.3, 0.4) is 0 Å². The molecule has 1 fully saturated rings. The van der Waals surface area contributed by atoms with Crippen molar-refractivity contribution in [2.24, 2.45) is 0 Å². The van der Waals surface area contributed by atoms with E-state index in [1.165, 1.54) is 0 Å². The molecule has 1 aliphatic rings. The third-order valence-corrected chi connectivity index (χ3v) is 4.89. The first-order valence-corrected chi connectivity index (χ1v) is 9.12. The van der Waals surface area contributed by atoms with Crippen LogP contribution in [0.5, 0.6) is 17.2 Å². The Hall–Kier alpha value is -3.55. The number of carbonyl (C=O) groups is 1. The molecule has 2 aromatic carbocycles. The Bertz CT molecular complexity index is 1010. The summed E-state index contributed by atoms with van der Waals surface area (Å²) in [5.74, 6) is 2.64. The van der Waals surface area contributed by atoms with Crippen molar-refractivity contribution in [1.82, 2.24) is 10.1 Å². The highest BCUT2D eigenvalue weighted by atomic mass is 16.5. The number of benzene rings is 2. The zero-order chi connectivity index (χ0) is 20.4. The monoisotopic (exact) mass is 395 g/mol. The number of methoxy groups -OCH3 is 3. The summed E-state index contributed by atoms with van der Waals surface area (Å²) in [7, 11) is 4.75. The number of hydrogen-bond acceptors (Lipinski definition) is 7. The molecule has 1 unspecified atom stereocenters. The van der Waals surface area contributed by atoms with Gasteiger partial charge in [0.05, 0.1) is 32.9 Å². The summed E-state index contributed by atoms with van der Waals surface area (Å²) in [6.45, 7) is 0.439. The SMILES string of the molecule is COc1cccc(-c2noc(C3CC(=O)N(c4cc(OC)cc(OC)c4)C3)n2)c1. The van der Waals surface area contributed by atoms with Crippen LogP contribution in [0.2, 0.25) is 0 Å². The molecule has 1 aliphatic heterocycles. The van der Waals surface area contributed by atoms with E-state index in [4.69, 9.17) is 18.7 Å². The van der Waals surface area contributed by atoms with Crippen molar-refractivity contribution in [1.29, 1.82) is 0 Å². The molecule has 4 rings (SSSR count). The first-order valence-electron chi connectivity index (χ1n) is 9.12. The molecule has 8 nitrogen and oxygen atoms in total. The lowest BCUT2D eigenvalue weighted by molar-refractivity contribution is -0.117. The van der Waals surface area contributed by atoms with E-state index >= 15 is 0 Å². The Labute approximate surface area is 168 Å². The molecule has 0 aliphatic carbocycles. The van der Waals surface area contributed by atoms with Gasteiger partial charge in [0.1, 0.15) is 17.2 Å². The summed E-state index contributed by atoms with van der Waals surface area (Å²) >= 11 is 0. The summed E-state index contributed by atoms with van der Waals surface area (Å²) in [5, 5.41) is 4.07. The van der Waals surface area contributed by atoms with E-state index in [1.54, 1.807) is 44.4 Å². The van der Waals surface area contributed by atoms with Crippen LogP contribution in [-0.2, 0) is 4.79 Å². The molecule has 0 spiro atoms. The van der Waals surface area contributed by atoms with Crippen LogP contribution >= 0.6 is 0 Å². The number of aromatic nitrogens is 2. The lowest BCUT2D eigenvalue weighted by Crippen LogP contribution is -2.24. The van der Waals surface area contributed by atoms with E-state index in [9.17, 15) is 4.79 Å². The summed E-state index contributed by atoms with van der Waals surface area (Å²) in [6, 6.07) is 12.8. The van der Waals surface area contributed by atoms with E-state index < -0.39 is 0 Å². The molecule has 29 heavy (non-hydrogen) atoms. The molecule has 8 heteroatoms. The molecular weight excluding hydrogens is 374 g/mol. The average molecular weight is 395 g/mol. The highest BCUT2D eigenvalue weighted by Gasteiger charge is 2.35. The van der Waals surface area contributed by atoms with E-state index in [1.807, 2.05) is 24.3 Å². The summed E-state index contributed by atoms with van der Waals surface area (Å²) in [6.07, 6.45) is 0.291. The first kappa shape index (κ1) is 18.8. The van der Waals surface area contributed by atoms with Crippen LogP contribution in [0.4, 0.5) is 5.69 Å². The normalized spacial score (nSPS) is 16.2. The third kappa shape index (κ3) is 3.73. The van der Waals surface area contributed by atoms with Crippen molar-refractivity contribution in [2.75, 3.05) is 32.8 Å². The maximum absolute atomic E-state index is 12.7. The number of amides is 1. The quantitative estimate of drug-likeness (QED) is 0.633. The molecule has 3 aromatic rings. The Morgan fingerprint density at radius 2 is 1.72 bits per heavy atom. The van der Waals surface area contributed by atoms with Gasteiger partial charge in [-0.2, -0.15) is 4.98 Å². The zero-order valence-electron chi connectivity index (χ0n) is 16.4. The van der Waals surface area contributed by atoms with E-state index in [0.29, 0.717) is 47.6 Å². The number of anilines is 1. The van der Waals surface area contributed by atoms with Crippen molar-refractivity contribution in [3.63, 3.8) is 0 Å². The van der Waals surface area contributed by atoms with Gasteiger partial charge in [-0.25, -0.2) is 0 Å². The predicted octanol–water partition coefficient (Wildman–Crippen LogP) is 3.28. The topological polar surface area (TPSA) is 86.9 Å². The predicted molar refractivity (Wildman–Crippen MR) is 106 cm³/mol. The molecule has 1 saturated heterocycles. The molecule has 1 atom stereocenters. The molecule has 0 N–H and O–H groups in total. The molecule has 150 valence electrons. The fraction of sp³-hybridized carbons (Fsp3) is 0.286. The molecule has 1 amide bonds. The second-order valence-electron chi connectivity index (χ2n) is 6.66. The smallest absolute Gasteiger partial charge is 0.232 e. The van der Waals surface area contributed by atoms with Crippen molar-refractivity contribution in [3.8, 4) is 28.6 Å². The minimum atomic E-state index is -0.188. The van der Waals surface area contributed by atoms with Gasteiger partial charge in [-0.1, -0.05) is 17.3 Å². The van der Waals surface area contributed by atoms with Gasteiger partial charge >= 0.3 is 0 Å². The Balaban J connectivity index is 1.56. The number of nitrogens with zero attached hydrogens (tertiary/aromatic N) is 3. The van der Waals surface area contributed by atoms with E-state index in [0.717, 1.165) is 5.56 Å². The molecule has 0 radical (unpaired) electrons. The van der Waals surface area contributed by atoms with Crippen LogP contribution in [0.25, 0.3) is 11.4 Å². The molecular formula is C21H21N3O5. The second kappa shape index (κ2) is 7.83. The van der Waals surface area contributed by atoms with Crippen molar-refractivity contribution < 1.29 is 23.5 Å². The van der Waals surface area contributed by atoms with Crippen molar-refractivity contribution in [3.05, 3.63) is 48.4 Å². The molecule has 2 heterocycles. The lowest BCUT2D eigenvalue weighted by Gasteiger charge is -2.18. The van der Waals surface area contributed by atoms with Crippen LogP contribution in [-0.4, -0.2) is 43.9 Å². The number of hydrogen-bond donors (Lipinski definition) is 0. The van der Waals surface area contributed by atoms with Gasteiger partial charge < -0.3 is 23.6 Å². The fourth-order valence-corrected chi connectivity index (χ4v) is 3.35. The van der Waals surface area contributed by atoms with Gasteiger partial charge in [-0.05, 0) is 12.1 Å². The summed E-state index contributed by atoms with van der Waals surface area (Å²) in [5.41, 5.74) is 1.50. The average Bonchev–Trinajstić information content (AvgIpc) is 3.40. The zero-order valence-corrected chi connectivity index (χ0v) is 16.4. The highest BCUT2D eigenvalue weighted by Crippen LogP contribution is 2.35. The van der Waals surface area contributed by atoms with Crippen molar-refractivity contribution in [2.45, 2.75) is 12.3 Å². The van der Waals surface area contributed by atoms with Crippen LogP contribution in [0, 0.1) is 0 Å². The number of ether oxygens (including phenoxy) is 3. The lowest BCUT2D eigenvalue weighted by atomic mass is 10.1. The Morgan fingerprint density at radius 1 is 1.00 bits per heavy atom. The Morgan fingerprint density at radius 3 is 2.41 bits per heavy atom. The van der Waals surface area contributed by atoms with Crippen LogP contribution < -0.4 is 19.1 Å². The van der Waals surface area contributed by atoms with Gasteiger partial charge in [-0.15, -0.1) is 0 Å². The van der Waals surface area contributed by atoms with Crippen LogP contribution in [0.1, 0.15) is 18.2 Å². The van der Waals surface area contributed by atoms with Gasteiger partial charge in [0.15, 0.2) is 0 Å². The number of carbonyl (C=O) groups excluding carboxylic acids is 1. The molecule has 0 bridgehead atoms. The first-order chi connectivity index (χ1) is 14.1. The van der Waals surface area contributed by atoms with Gasteiger partial charge in [0.25, 0.3) is 0 Å². The van der Waals surface area contributed by atoms with Gasteiger partial charge in [0.2, 0.25) is 17.6 Å². The van der Waals surface area contributed by atoms with Gasteiger partial charge in [-0.3, -0.25) is 4.79 Å². The fourth-order valence-electron chi connectivity index (χ4n) is 3.35. The largest absolute Gasteiger partial charge is 0.497 e. The van der Waals surface area contributed by atoms with Gasteiger partial charge in [0, 0.05) is 36.7 Å². The summed E-state index contributed by atoms with van der Waals surface area (Å²) < 4.78 is 21.3. The summed E-state index contributed by atoms with van der Waals surface area (Å²) in [4.78, 5) is 18.8. The van der Waals surface area contributed by atoms with Crippen LogP contribution in [0.15, 0.2) is 47.0 Å². The van der Waals surface area contributed by atoms with E-state index in [-0.39, 0.29) is 11.8 Å². The maximum Gasteiger partial charge on any atom is 0.232 e. The maximum atomic E-state index is 12.7. The third-order valence-electron chi connectivity index (χ3n) is 4.89. The Kier molecular flexibility index (Phi) is 5.07. The molecule has 1 aromatic heterocycles. The standard InChI is InChI=1S/C21H21N3O5/c1-26-16-6-4-5-13(7-16)20-22-21(29-23-20)14-8-19(25)24(12-14)15-9-17(27-2)11-18(10-15)28-3/h4-7,9-11,14H,8,12H2,1-3H3. The van der Waals surface area contributed by atoms with E-state index in [2.05, 4.69) is 10.1 Å². The van der Waals surface area contributed by atoms with Crippen molar-refractivity contribution >= 4 is 11.6 Å². The minimum absolute atomic E-state index is 0.0218. The molecule has 0 saturated carbocycles. The second-order valence-corrected chi connectivity index (χ2v) is 6.66. The highest BCUT2D eigenvalue weighted by molar-refractivity contribution is 5.96. The number of rotatable bonds is 6.